The fourth-order valence-corrected chi connectivity index (χ4v) is 4.64. The molecular formula is C26H23N4O+. The largest absolute Gasteiger partial charge is 0.355 e. The van der Waals surface area contributed by atoms with Crippen LogP contribution in [0, 0.1) is 0 Å². The third kappa shape index (κ3) is 2.93. The summed E-state index contributed by atoms with van der Waals surface area (Å²) in [5.74, 6) is -0.0620. The molecule has 1 atom stereocenters. The number of allylic oxidation sites excluding steroid dienone is 3. The van der Waals surface area contributed by atoms with Crippen LogP contribution in [0.2, 0.25) is 0 Å². The Balaban J connectivity index is 1.35. The number of nitrogens with zero attached hydrogens (tertiary/aromatic N) is 1. The van der Waals surface area contributed by atoms with E-state index in [2.05, 4.69) is 56.9 Å². The highest BCUT2D eigenvalue weighted by Crippen LogP contribution is 2.46. The molecule has 0 spiro atoms. The Labute approximate surface area is 180 Å². The van der Waals surface area contributed by atoms with Crippen LogP contribution in [0.3, 0.4) is 0 Å². The highest BCUT2D eigenvalue weighted by Gasteiger charge is 2.47. The Hall–Kier alpha value is -3.86. The van der Waals surface area contributed by atoms with Gasteiger partial charge in [0.25, 0.3) is 5.91 Å². The first-order chi connectivity index (χ1) is 15.3. The Morgan fingerprint density at radius 2 is 1.87 bits per heavy atom. The molecule has 0 radical (unpaired) electrons. The van der Waals surface area contributed by atoms with Crippen LogP contribution < -0.4 is 15.6 Å². The van der Waals surface area contributed by atoms with Crippen molar-refractivity contribution in [3.8, 4) is 0 Å². The lowest BCUT2D eigenvalue weighted by atomic mass is 10.0. The first-order valence-corrected chi connectivity index (χ1v) is 10.7. The minimum atomic E-state index is -0.252. The Morgan fingerprint density at radius 3 is 2.71 bits per heavy atom. The van der Waals surface area contributed by atoms with Crippen molar-refractivity contribution in [2.45, 2.75) is 24.5 Å². The number of pyridine rings is 1. The Kier molecular flexibility index (Phi) is 3.96. The molecule has 152 valence electrons. The topological polar surface area (TPSA) is 58.5 Å². The van der Waals surface area contributed by atoms with Crippen molar-refractivity contribution < 1.29 is 9.78 Å². The van der Waals surface area contributed by atoms with E-state index < -0.39 is 0 Å². The Morgan fingerprint density at radius 1 is 1.03 bits per heavy atom. The molecule has 31 heavy (non-hydrogen) atoms. The summed E-state index contributed by atoms with van der Waals surface area (Å²) < 4.78 is 0. The standard InChI is InChI=1S/C26H22N4O/c31-25(29-26(14-15-26)19-10-2-1-3-11-19)23-21-13-4-5-17-30(21)24(28-23)20-12-6-8-18-9-7-16-27-22(18)20/h1-13,16-17,24,28H,14-15H2,(H,29,31)/p+1. The van der Waals surface area contributed by atoms with E-state index in [-0.39, 0.29) is 17.6 Å². The number of aromatic amines is 1. The third-order valence-electron chi connectivity index (χ3n) is 6.38. The summed E-state index contributed by atoms with van der Waals surface area (Å²) in [6, 6.07) is 20.6. The van der Waals surface area contributed by atoms with Crippen molar-refractivity contribution in [3.05, 3.63) is 114 Å². The lowest BCUT2D eigenvalue weighted by Gasteiger charge is -2.25. The summed E-state index contributed by atoms with van der Waals surface area (Å²) in [7, 11) is 0. The first kappa shape index (κ1) is 18.0. The number of rotatable bonds is 4. The van der Waals surface area contributed by atoms with Gasteiger partial charge in [0.2, 0.25) is 5.52 Å². The zero-order valence-electron chi connectivity index (χ0n) is 17.0. The van der Waals surface area contributed by atoms with Crippen LogP contribution in [-0.4, -0.2) is 10.8 Å². The molecule has 5 heteroatoms. The Bertz CT molecular complexity index is 1270. The van der Waals surface area contributed by atoms with Crippen LogP contribution in [-0.2, 0) is 10.3 Å². The molecule has 1 saturated carbocycles. The number of carbonyl (C=O) groups excluding carboxylic acids is 1. The van der Waals surface area contributed by atoms with Crippen molar-refractivity contribution >= 4 is 16.8 Å². The van der Waals surface area contributed by atoms with E-state index in [1.807, 2.05) is 54.9 Å². The first-order valence-electron chi connectivity index (χ1n) is 10.7. The number of para-hydroxylation sites is 1. The fraction of sp³-hybridized carbons (Fsp3) is 0.154. The summed E-state index contributed by atoms with van der Waals surface area (Å²) in [5.41, 5.74) is 4.58. The maximum Gasteiger partial charge on any atom is 0.270 e. The predicted octanol–water partition coefficient (Wildman–Crippen LogP) is 3.66. The fourth-order valence-electron chi connectivity index (χ4n) is 4.64. The molecule has 1 fully saturated rings. The van der Waals surface area contributed by atoms with E-state index in [4.69, 9.17) is 0 Å². The highest BCUT2D eigenvalue weighted by molar-refractivity contribution is 5.96. The summed E-state index contributed by atoms with van der Waals surface area (Å²) >= 11 is 0. The molecule has 3 heterocycles. The SMILES string of the molecule is O=C(NC1(c2ccccc2)CC1)C1=C2C=CC=CN2C(c2cccc3ccc[nH+]c23)N1. The number of benzene rings is 2. The molecule has 2 aromatic carbocycles. The van der Waals surface area contributed by atoms with Crippen molar-refractivity contribution in [2.24, 2.45) is 0 Å². The van der Waals surface area contributed by atoms with Gasteiger partial charge in [0, 0.05) is 17.7 Å². The number of carbonyl (C=O) groups is 1. The normalized spacial score (nSPS) is 20.5. The summed E-state index contributed by atoms with van der Waals surface area (Å²) in [6.07, 6.45) is 11.7. The number of aromatic nitrogens is 1. The van der Waals surface area contributed by atoms with E-state index in [0.717, 1.165) is 35.0 Å². The van der Waals surface area contributed by atoms with E-state index in [1.165, 1.54) is 5.56 Å². The molecule has 1 amide bonds. The smallest absolute Gasteiger partial charge is 0.270 e. The average molecular weight is 407 g/mol. The van der Waals surface area contributed by atoms with Gasteiger partial charge >= 0.3 is 0 Å². The molecule has 5 nitrogen and oxygen atoms in total. The molecule has 6 rings (SSSR count). The molecule has 0 saturated heterocycles. The van der Waals surface area contributed by atoms with E-state index in [9.17, 15) is 4.79 Å². The van der Waals surface area contributed by atoms with Gasteiger partial charge in [-0.25, -0.2) is 4.98 Å². The molecular weight excluding hydrogens is 384 g/mol. The lowest BCUT2D eigenvalue weighted by Crippen LogP contribution is -2.39. The minimum Gasteiger partial charge on any atom is -0.355 e. The lowest BCUT2D eigenvalue weighted by molar-refractivity contribution is -0.345. The molecule has 3 aromatic rings. The van der Waals surface area contributed by atoms with Crippen LogP contribution in [0.4, 0.5) is 0 Å². The number of hydrogen-bond acceptors (Lipinski definition) is 3. The van der Waals surface area contributed by atoms with Crippen molar-refractivity contribution in [2.75, 3.05) is 0 Å². The molecule has 0 bridgehead atoms. The van der Waals surface area contributed by atoms with Crippen LogP contribution >= 0.6 is 0 Å². The number of nitrogens with one attached hydrogen (secondary N) is 3. The molecule has 1 unspecified atom stereocenters. The monoisotopic (exact) mass is 407 g/mol. The summed E-state index contributed by atoms with van der Waals surface area (Å²) in [4.78, 5) is 19.0. The van der Waals surface area contributed by atoms with Gasteiger partial charge in [-0.2, -0.15) is 0 Å². The van der Waals surface area contributed by atoms with Gasteiger partial charge in [-0.3, -0.25) is 4.79 Å². The number of H-pyrrole nitrogens is 1. The van der Waals surface area contributed by atoms with Gasteiger partial charge in [-0.15, -0.1) is 0 Å². The number of hydrogen-bond donors (Lipinski definition) is 2. The second kappa shape index (κ2) is 6.84. The molecule has 1 aromatic heterocycles. The maximum absolute atomic E-state index is 13.4. The van der Waals surface area contributed by atoms with E-state index >= 15 is 0 Å². The van der Waals surface area contributed by atoms with Crippen LogP contribution in [0.15, 0.2) is 103 Å². The highest BCUT2D eigenvalue weighted by atomic mass is 16.2. The molecule has 1 aliphatic carbocycles. The van der Waals surface area contributed by atoms with Crippen molar-refractivity contribution in [1.82, 2.24) is 15.5 Å². The quantitative estimate of drug-likeness (QED) is 0.694. The van der Waals surface area contributed by atoms with Gasteiger partial charge in [0.1, 0.15) is 11.9 Å². The third-order valence-corrected chi connectivity index (χ3v) is 6.38. The van der Waals surface area contributed by atoms with Gasteiger partial charge in [-0.1, -0.05) is 42.5 Å². The van der Waals surface area contributed by atoms with Crippen molar-refractivity contribution in [1.29, 1.82) is 0 Å². The zero-order valence-corrected chi connectivity index (χ0v) is 17.0. The molecule has 3 aliphatic rings. The van der Waals surface area contributed by atoms with E-state index in [1.54, 1.807) is 0 Å². The zero-order chi connectivity index (χ0) is 20.8. The van der Waals surface area contributed by atoms with Crippen LogP contribution in [0.1, 0.15) is 30.1 Å². The predicted molar refractivity (Wildman–Crippen MR) is 119 cm³/mol. The molecule has 2 aliphatic heterocycles. The van der Waals surface area contributed by atoms with Gasteiger partial charge in [-0.05, 0) is 48.8 Å². The maximum atomic E-state index is 13.4. The second-order valence-corrected chi connectivity index (χ2v) is 8.30. The van der Waals surface area contributed by atoms with Crippen LogP contribution in [0.5, 0.6) is 0 Å². The van der Waals surface area contributed by atoms with Gasteiger partial charge in [0.15, 0.2) is 6.20 Å². The minimum absolute atomic E-state index is 0.0620. The van der Waals surface area contributed by atoms with Gasteiger partial charge < -0.3 is 15.5 Å². The van der Waals surface area contributed by atoms with Crippen LogP contribution in [0.25, 0.3) is 10.9 Å². The molecule has 3 N–H and O–H groups in total. The van der Waals surface area contributed by atoms with E-state index in [0.29, 0.717) is 5.70 Å². The second-order valence-electron chi connectivity index (χ2n) is 8.30. The van der Waals surface area contributed by atoms with Crippen molar-refractivity contribution in [3.63, 3.8) is 0 Å². The summed E-state index contributed by atoms with van der Waals surface area (Å²) in [5, 5.41) is 7.97. The average Bonchev–Trinajstić information content (AvgIpc) is 3.51. The number of amides is 1. The summed E-state index contributed by atoms with van der Waals surface area (Å²) in [6.45, 7) is 0. The number of fused-ring (bicyclic) bond motifs is 2. The van der Waals surface area contributed by atoms with Gasteiger partial charge in [0.05, 0.1) is 16.8 Å².